The summed E-state index contributed by atoms with van der Waals surface area (Å²) in [6.07, 6.45) is -0.0501. The van der Waals surface area contributed by atoms with Gasteiger partial charge in [-0.25, -0.2) is 9.36 Å². The Labute approximate surface area is 217 Å². The van der Waals surface area contributed by atoms with Crippen LogP contribution in [0.2, 0.25) is 0 Å². The Kier molecular flexibility index (Phi) is 7.74. The maximum absolute atomic E-state index is 12.7. The minimum Gasteiger partial charge on any atom is -0.417 e. The molecule has 4 rings (SSSR count). The zero-order chi connectivity index (χ0) is 28.2. The zero-order valence-corrected chi connectivity index (χ0v) is 20.0. The number of benzene rings is 2. The van der Waals surface area contributed by atoms with E-state index in [4.69, 9.17) is 5.41 Å². The smallest absolute Gasteiger partial charge is 0.417 e. The van der Waals surface area contributed by atoms with Gasteiger partial charge in [0.05, 0.1) is 23.3 Å². The molecule has 0 atom stereocenters. The van der Waals surface area contributed by atoms with Crippen molar-refractivity contribution in [2.75, 3.05) is 5.32 Å². The quantitative estimate of drug-likeness (QED) is 0.217. The Morgan fingerprint density at radius 1 is 1.13 bits per heavy atom. The van der Waals surface area contributed by atoms with Gasteiger partial charge >= 0.3 is 13.0 Å². The number of nitrogens with one attached hydrogen (secondary N) is 2. The third kappa shape index (κ3) is 6.66. The van der Waals surface area contributed by atoms with E-state index in [9.17, 15) is 26.7 Å². The van der Waals surface area contributed by atoms with E-state index in [0.29, 0.717) is 16.9 Å². The molecule has 2 heterocycles. The lowest BCUT2D eigenvalue weighted by molar-refractivity contribution is -0.274. The molecule has 0 saturated heterocycles. The first-order valence-electron chi connectivity index (χ1n) is 11.1. The van der Waals surface area contributed by atoms with Gasteiger partial charge in [0.15, 0.2) is 5.69 Å². The first kappa shape index (κ1) is 27.0. The van der Waals surface area contributed by atoms with E-state index in [0.717, 1.165) is 18.3 Å². The van der Waals surface area contributed by atoms with Gasteiger partial charge in [0, 0.05) is 36.3 Å². The van der Waals surface area contributed by atoms with E-state index in [-0.39, 0.29) is 23.0 Å². The summed E-state index contributed by atoms with van der Waals surface area (Å²) in [5.74, 6) is -0.631. The van der Waals surface area contributed by atoms with Gasteiger partial charge in [-0.1, -0.05) is 6.07 Å². The number of alkyl halides is 5. The average Bonchev–Trinajstić information content (AvgIpc) is 3.31. The second kappa shape index (κ2) is 11.2. The van der Waals surface area contributed by atoms with Crippen LogP contribution in [-0.4, -0.2) is 38.7 Å². The number of nitrogens with zero attached hydrogens (tertiary/aromatic N) is 4. The predicted octanol–water partition coefficient (Wildman–Crippen LogP) is 5.33. The molecule has 0 amide bonds. The first-order valence-corrected chi connectivity index (χ1v) is 11.1. The highest BCUT2D eigenvalue weighted by Gasteiger charge is 2.31. The van der Waals surface area contributed by atoms with Gasteiger partial charge < -0.3 is 20.2 Å². The van der Waals surface area contributed by atoms with Gasteiger partial charge in [-0.15, -0.1) is 13.2 Å². The van der Waals surface area contributed by atoms with Crippen LogP contribution in [0.1, 0.15) is 11.3 Å². The van der Waals surface area contributed by atoms with Crippen LogP contribution in [0.5, 0.6) is 11.6 Å². The normalized spacial score (nSPS) is 11.9. The van der Waals surface area contributed by atoms with Crippen molar-refractivity contribution in [1.82, 2.24) is 19.6 Å². The van der Waals surface area contributed by atoms with Crippen molar-refractivity contribution in [1.29, 1.82) is 5.41 Å². The maximum Gasteiger partial charge on any atom is 0.573 e. The van der Waals surface area contributed by atoms with Gasteiger partial charge in [0.1, 0.15) is 5.75 Å². The van der Waals surface area contributed by atoms with Gasteiger partial charge in [-0.05, 0) is 48.9 Å². The first-order chi connectivity index (χ1) is 18.5. The summed E-state index contributed by atoms with van der Waals surface area (Å²) in [6, 6.07) is 12.4. The summed E-state index contributed by atoms with van der Waals surface area (Å²) >= 11 is 0. The summed E-state index contributed by atoms with van der Waals surface area (Å²) in [7, 11) is 0. The van der Waals surface area contributed by atoms with Crippen LogP contribution in [0.4, 0.5) is 27.6 Å². The number of hydrogen-bond donors (Lipinski definition) is 2. The molecule has 0 saturated carbocycles. The van der Waals surface area contributed by atoms with Crippen molar-refractivity contribution >= 4 is 17.6 Å². The van der Waals surface area contributed by atoms with Crippen molar-refractivity contribution in [3.63, 3.8) is 0 Å². The molecule has 0 aliphatic carbocycles. The summed E-state index contributed by atoms with van der Waals surface area (Å²) in [4.78, 5) is 12.7. The Morgan fingerprint density at radius 3 is 2.62 bits per heavy atom. The molecule has 0 radical (unpaired) electrons. The Hall–Kier alpha value is -5.01. The number of halogens is 5. The van der Waals surface area contributed by atoms with Crippen molar-refractivity contribution in [2.24, 2.45) is 0 Å². The van der Waals surface area contributed by atoms with Gasteiger partial charge in [0.2, 0.25) is 11.3 Å². The molecule has 4 aromatic rings. The van der Waals surface area contributed by atoms with Crippen LogP contribution in [0.3, 0.4) is 0 Å². The number of allylic oxidation sites excluding steroid dienone is 1. The number of anilines is 1. The fourth-order valence-electron chi connectivity index (χ4n) is 3.61. The van der Waals surface area contributed by atoms with Crippen LogP contribution >= 0.6 is 0 Å². The lowest BCUT2D eigenvalue weighted by Gasteiger charge is -2.15. The topological polar surface area (TPSA) is 107 Å². The second-order valence-corrected chi connectivity index (χ2v) is 7.85. The molecule has 0 aliphatic rings. The monoisotopic (exact) mass is 546 g/mol. The minimum absolute atomic E-state index is 0.0492. The van der Waals surface area contributed by atoms with Crippen LogP contribution in [0.15, 0.2) is 77.9 Å². The number of aromatic nitrogens is 4. The van der Waals surface area contributed by atoms with Crippen LogP contribution in [-0.2, 0) is 0 Å². The fraction of sp³-hybridized carbons (Fsp3) is 0.120. The van der Waals surface area contributed by atoms with E-state index in [2.05, 4.69) is 25.0 Å². The van der Waals surface area contributed by atoms with Crippen LogP contribution < -0.4 is 20.2 Å². The van der Waals surface area contributed by atoms with Gasteiger partial charge in [0.25, 0.3) is 0 Å². The molecular weight excluding hydrogens is 527 g/mol. The van der Waals surface area contributed by atoms with E-state index >= 15 is 0 Å². The van der Waals surface area contributed by atoms with Gasteiger partial charge in [-0.2, -0.15) is 19.0 Å². The van der Waals surface area contributed by atoms with Crippen molar-refractivity contribution in [3.8, 4) is 23.0 Å². The fourth-order valence-corrected chi connectivity index (χ4v) is 3.61. The van der Waals surface area contributed by atoms with E-state index in [1.165, 1.54) is 52.1 Å². The number of rotatable bonds is 9. The van der Waals surface area contributed by atoms with Crippen LogP contribution in [0.25, 0.3) is 17.1 Å². The zero-order valence-electron chi connectivity index (χ0n) is 20.0. The van der Waals surface area contributed by atoms with Gasteiger partial charge in [-0.3, -0.25) is 4.79 Å². The summed E-state index contributed by atoms with van der Waals surface area (Å²) in [5.41, 5.74) is 1.16. The molecule has 2 N–H and O–H groups in total. The Bertz CT molecular complexity index is 1580. The number of aryl methyl sites for hydroxylation is 1. The predicted molar refractivity (Wildman–Crippen MR) is 132 cm³/mol. The molecule has 0 spiro atoms. The SMILES string of the molecule is Cc1cc(-n2nccc2OC(F)F)ccc1-n1ccc(=O)c(/C(=C/C=N)Nc2cccc(OC(F)(F)F)c2)n1. The maximum atomic E-state index is 12.7. The molecule has 9 nitrogen and oxygen atoms in total. The van der Waals surface area contributed by atoms with E-state index < -0.39 is 24.2 Å². The van der Waals surface area contributed by atoms with E-state index in [1.807, 2.05) is 0 Å². The Morgan fingerprint density at radius 2 is 1.92 bits per heavy atom. The highest BCUT2D eigenvalue weighted by Crippen LogP contribution is 2.27. The summed E-state index contributed by atoms with van der Waals surface area (Å²) in [5, 5.41) is 18.6. The highest BCUT2D eigenvalue weighted by atomic mass is 19.4. The molecule has 202 valence electrons. The average molecular weight is 546 g/mol. The third-order valence-corrected chi connectivity index (χ3v) is 5.15. The molecule has 0 unspecified atom stereocenters. The standard InChI is InChI=1S/C25H19F5N6O3/c1-15-13-17(36-22(8-11-32-36)38-24(26)27)5-6-20(15)35-12-9-21(37)23(34-35)19(7-10-31)33-16-3-2-4-18(14-16)39-25(28,29)30/h2-14,24,31,33H,1H3/b19-7-,31-10?. The molecule has 14 heteroatoms. The van der Waals surface area contributed by atoms with Crippen molar-refractivity contribution in [3.05, 3.63) is 94.5 Å². The highest BCUT2D eigenvalue weighted by molar-refractivity contribution is 5.87. The minimum atomic E-state index is -4.89. The summed E-state index contributed by atoms with van der Waals surface area (Å²) < 4.78 is 74.2. The molecule has 0 bridgehead atoms. The Balaban J connectivity index is 1.66. The molecule has 0 fully saturated rings. The molecule has 39 heavy (non-hydrogen) atoms. The van der Waals surface area contributed by atoms with Crippen molar-refractivity contribution < 1.29 is 31.4 Å². The number of hydrogen-bond acceptors (Lipinski definition) is 7. The summed E-state index contributed by atoms with van der Waals surface area (Å²) in [6.45, 7) is -1.30. The lowest BCUT2D eigenvalue weighted by atomic mass is 10.1. The third-order valence-electron chi connectivity index (χ3n) is 5.15. The molecule has 0 aliphatic heterocycles. The number of ether oxygens (including phenoxy) is 2. The lowest BCUT2D eigenvalue weighted by Crippen LogP contribution is -2.19. The molecular formula is C25H19F5N6O3. The second-order valence-electron chi connectivity index (χ2n) is 7.85. The molecule has 2 aromatic carbocycles. The van der Waals surface area contributed by atoms with E-state index in [1.54, 1.807) is 25.1 Å². The van der Waals surface area contributed by atoms with Crippen molar-refractivity contribution in [2.45, 2.75) is 19.9 Å². The largest absolute Gasteiger partial charge is 0.573 e. The molecule has 2 aromatic heterocycles. The van der Waals surface area contributed by atoms with Crippen LogP contribution in [0, 0.1) is 12.3 Å².